The van der Waals surface area contributed by atoms with Crippen LogP contribution in [0.25, 0.3) is 0 Å². The average molecular weight is 263 g/mol. The van der Waals surface area contributed by atoms with Gasteiger partial charge in [-0.05, 0) is 24.1 Å². The molecule has 0 bridgehead atoms. The summed E-state index contributed by atoms with van der Waals surface area (Å²) in [5, 5.41) is 0. The molecule has 0 aliphatic carbocycles. The first-order valence-electron chi connectivity index (χ1n) is 5.05. The first-order chi connectivity index (χ1) is 8.63. The number of ether oxygens (including phenoxy) is 1. The average Bonchev–Trinajstić information content (AvgIpc) is 2.70. The number of rotatable bonds is 3. The summed E-state index contributed by atoms with van der Waals surface area (Å²) in [6.45, 7) is 0. The van der Waals surface area contributed by atoms with Crippen molar-refractivity contribution in [1.29, 1.82) is 0 Å². The van der Waals surface area contributed by atoms with Gasteiger partial charge in [0.2, 0.25) is 0 Å². The van der Waals surface area contributed by atoms with Gasteiger partial charge >= 0.3 is 5.97 Å². The Morgan fingerprint density at radius 3 is 2.39 bits per heavy atom. The zero-order valence-electron chi connectivity index (χ0n) is 9.45. The van der Waals surface area contributed by atoms with Crippen molar-refractivity contribution in [3.8, 4) is 0 Å². The molecule has 5 nitrogen and oxygen atoms in total. The van der Waals surface area contributed by atoms with E-state index >= 15 is 0 Å². The normalized spacial score (nSPS) is 14.2. The fourth-order valence-electron chi connectivity index (χ4n) is 1.40. The lowest BCUT2D eigenvalue weighted by Gasteiger charge is -2.13. The van der Waals surface area contributed by atoms with E-state index in [4.69, 9.17) is 0 Å². The van der Waals surface area contributed by atoms with Gasteiger partial charge in [0.05, 0.1) is 12.7 Å². The van der Waals surface area contributed by atoms with Gasteiger partial charge in [-0.1, -0.05) is 12.1 Å². The van der Waals surface area contributed by atoms with Crippen molar-refractivity contribution >= 4 is 29.7 Å². The lowest BCUT2D eigenvalue weighted by atomic mass is 10.2. The van der Waals surface area contributed by atoms with Crippen LogP contribution in [0, 0.1) is 0 Å². The summed E-state index contributed by atoms with van der Waals surface area (Å²) in [6.07, 6.45) is 2.38. The predicted molar refractivity (Wildman–Crippen MR) is 64.6 cm³/mol. The maximum absolute atomic E-state index is 11.5. The molecule has 0 atom stereocenters. The molecule has 0 saturated carbocycles. The molecule has 2 rings (SSSR count). The first-order valence-corrected chi connectivity index (χ1v) is 5.82. The molecule has 18 heavy (non-hydrogen) atoms. The Balaban J connectivity index is 2.27. The van der Waals surface area contributed by atoms with E-state index < -0.39 is 17.8 Å². The molecule has 0 aromatic heterocycles. The molecule has 0 fully saturated rings. The molecule has 0 unspecified atom stereocenters. The minimum absolute atomic E-state index is 0.317. The van der Waals surface area contributed by atoms with Gasteiger partial charge in [-0.2, -0.15) is 0 Å². The maximum atomic E-state index is 11.5. The maximum Gasteiger partial charge on any atom is 0.339 e. The van der Waals surface area contributed by atoms with Gasteiger partial charge in [0.15, 0.2) is 0 Å². The largest absolute Gasteiger partial charge is 0.465 e. The molecule has 1 aliphatic rings. The Hall–Kier alpha value is -2.08. The third-order valence-electron chi connectivity index (χ3n) is 2.25. The van der Waals surface area contributed by atoms with Crippen molar-refractivity contribution in [3.63, 3.8) is 0 Å². The number of carbonyl (C=O) groups is 3. The number of esters is 1. The van der Waals surface area contributed by atoms with E-state index in [-0.39, 0.29) is 0 Å². The summed E-state index contributed by atoms with van der Waals surface area (Å²) >= 11 is 0.909. The second-order valence-electron chi connectivity index (χ2n) is 3.38. The summed E-state index contributed by atoms with van der Waals surface area (Å²) in [7, 11) is 1.28. The molecule has 2 amide bonds. The Morgan fingerprint density at radius 1 is 1.17 bits per heavy atom. The topological polar surface area (TPSA) is 63.7 Å². The predicted octanol–water partition coefficient (Wildman–Crippen LogP) is 1.41. The van der Waals surface area contributed by atoms with Gasteiger partial charge in [0.25, 0.3) is 11.8 Å². The van der Waals surface area contributed by atoms with Crippen LogP contribution in [0.2, 0.25) is 0 Å². The zero-order chi connectivity index (χ0) is 13.1. The smallest absolute Gasteiger partial charge is 0.339 e. The SMILES string of the molecule is COC(=O)c1ccccc1SN1C(=O)C=CC1=O. The number of amides is 2. The van der Waals surface area contributed by atoms with Crippen molar-refractivity contribution in [2.24, 2.45) is 0 Å². The van der Waals surface area contributed by atoms with Crippen LogP contribution in [0.4, 0.5) is 0 Å². The van der Waals surface area contributed by atoms with Gasteiger partial charge in [-0.25, -0.2) is 9.10 Å². The van der Waals surface area contributed by atoms with E-state index in [2.05, 4.69) is 4.74 Å². The fraction of sp³-hybridized carbons (Fsp3) is 0.0833. The van der Waals surface area contributed by atoms with Crippen molar-refractivity contribution in [1.82, 2.24) is 4.31 Å². The standard InChI is InChI=1S/C12H9NO4S/c1-17-12(16)8-4-2-3-5-9(8)18-13-10(14)6-7-11(13)15/h2-7H,1H3. The van der Waals surface area contributed by atoms with Gasteiger partial charge < -0.3 is 4.74 Å². The van der Waals surface area contributed by atoms with Crippen molar-refractivity contribution in [3.05, 3.63) is 42.0 Å². The van der Waals surface area contributed by atoms with Crippen LogP contribution in [0.15, 0.2) is 41.3 Å². The number of nitrogens with zero attached hydrogens (tertiary/aromatic N) is 1. The molecule has 1 aromatic carbocycles. The highest BCUT2D eigenvalue weighted by atomic mass is 32.2. The monoisotopic (exact) mass is 263 g/mol. The second-order valence-corrected chi connectivity index (χ2v) is 4.37. The summed E-state index contributed by atoms with van der Waals surface area (Å²) in [4.78, 5) is 34.9. The second kappa shape index (κ2) is 5.05. The summed E-state index contributed by atoms with van der Waals surface area (Å²) < 4.78 is 5.63. The number of carbonyl (C=O) groups excluding carboxylic acids is 3. The minimum Gasteiger partial charge on any atom is -0.465 e. The van der Waals surface area contributed by atoms with Crippen molar-refractivity contribution < 1.29 is 19.1 Å². The summed E-state index contributed by atoms with van der Waals surface area (Å²) in [6, 6.07) is 6.62. The molecule has 0 N–H and O–H groups in total. The van der Waals surface area contributed by atoms with E-state index in [1.165, 1.54) is 19.3 Å². The first kappa shape index (κ1) is 12.4. The molecule has 0 spiro atoms. The quantitative estimate of drug-likeness (QED) is 0.468. The van der Waals surface area contributed by atoms with Crippen LogP contribution in [0.3, 0.4) is 0 Å². The van der Waals surface area contributed by atoms with Crippen LogP contribution in [-0.2, 0) is 14.3 Å². The zero-order valence-corrected chi connectivity index (χ0v) is 10.3. The number of benzene rings is 1. The number of hydrogen-bond donors (Lipinski definition) is 0. The third-order valence-corrected chi connectivity index (χ3v) is 3.35. The Morgan fingerprint density at radius 2 is 1.78 bits per heavy atom. The molecule has 1 aromatic rings. The summed E-state index contributed by atoms with van der Waals surface area (Å²) in [5.74, 6) is -1.33. The molecule has 6 heteroatoms. The minimum atomic E-state index is -0.509. The third kappa shape index (κ3) is 2.28. The van der Waals surface area contributed by atoms with E-state index in [0.29, 0.717) is 10.5 Å². The highest BCUT2D eigenvalue weighted by Crippen LogP contribution is 2.29. The van der Waals surface area contributed by atoms with Gasteiger partial charge in [-0.15, -0.1) is 0 Å². The van der Waals surface area contributed by atoms with Crippen LogP contribution < -0.4 is 0 Å². The molecule has 0 radical (unpaired) electrons. The lowest BCUT2D eigenvalue weighted by Crippen LogP contribution is -2.22. The Labute approximate surface area is 108 Å². The van der Waals surface area contributed by atoms with Crippen molar-refractivity contribution in [2.45, 2.75) is 4.90 Å². The Kier molecular flexibility index (Phi) is 3.47. The number of hydrogen-bond acceptors (Lipinski definition) is 5. The molecule has 1 aliphatic heterocycles. The molecule has 92 valence electrons. The van der Waals surface area contributed by atoms with Crippen LogP contribution >= 0.6 is 11.9 Å². The molecular formula is C12H9NO4S. The van der Waals surface area contributed by atoms with E-state index in [0.717, 1.165) is 16.3 Å². The Bertz CT molecular complexity index is 535. The highest BCUT2D eigenvalue weighted by molar-refractivity contribution is 7.98. The van der Waals surface area contributed by atoms with E-state index in [9.17, 15) is 14.4 Å². The van der Waals surface area contributed by atoms with Gasteiger partial charge in [-0.3, -0.25) is 9.59 Å². The van der Waals surface area contributed by atoms with Crippen LogP contribution in [-0.4, -0.2) is 29.2 Å². The number of methoxy groups -OCH3 is 1. The fourth-order valence-corrected chi connectivity index (χ4v) is 2.29. The molecule has 0 saturated heterocycles. The van der Waals surface area contributed by atoms with Gasteiger partial charge in [0, 0.05) is 17.0 Å². The molecule has 1 heterocycles. The highest BCUT2D eigenvalue weighted by Gasteiger charge is 2.26. The van der Waals surface area contributed by atoms with E-state index in [1.807, 2.05) is 0 Å². The lowest BCUT2D eigenvalue weighted by molar-refractivity contribution is -0.130. The van der Waals surface area contributed by atoms with E-state index in [1.54, 1.807) is 24.3 Å². The molecular weight excluding hydrogens is 254 g/mol. The van der Waals surface area contributed by atoms with Gasteiger partial charge in [0.1, 0.15) is 0 Å². The van der Waals surface area contributed by atoms with Crippen LogP contribution in [0.1, 0.15) is 10.4 Å². The summed E-state index contributed by atoms with van der Waals surface area (Å²) in [5.41, 5.74) is 0.317. The van der Waals surface area contributed by atoms with Crippen LogP contribution in [0.5, 0.6) is 0 Å². The number of imide groups is 1. The van der Waals surface area contributed by atoms with Crippen molar-refractivity contribution in [2.75, 3.05) is 7.11 Å².